The van der Waals surface area contributed by atoms with Gasteiger partial charge in [0.1, 0.15) is 5.69 Å². The molecular weight excluding hydrogens is 426 g/mol. The Morgan fingerprint density at radius 1 is 1.32 bits per heavy atom. The molecule has 0 atom stereocenters. The van der Waals surface area contributed by atoms with Crippen LogP contribution < -0.4 is 11.2 Å². The first kappa shape index (κ1) is 19.8. The van der Waals surface area contributed by atoms with Crippen LogP contribution in [-0.2, 0) is 0 Å². The van der Waals surface area contributed by atoms with Gasteiger partial charge in [-0.05, 0) is 46.4 Å². The molecule has 1 amide bonds. The van der Waals surface area contributed by atoms with E-state index in [1.165, 1.54) is 41.8 Å². The van der Waals surface area contributed by atoms with Gasteiger partial charge in [-0.2, -0.15) is 9.78 Å². The number of hydrogen-bond acceptors (Lipinski definition) is 11. The molecule has 0 radical (unpaired) electrons. The van der Waals surface area contributed by atoms with Crippen molar-refractivity contribution in [3.05, 3.63) is 62.0 Å². The Morgan fingerprint density at radius 2 is 2.10 bits per heavy atom. The van der Waals surface area contributed by atoms with Crippen molar-refractivity contribution >= 4 is 35.0 Å². The van der Waals surface area contributed by atoms with Gasteiger partial charge in [0.2, 0.25) is 11.6 Å². The maximum Gasteiger partial charge on any atom is 0.294 e. The summed E-state index contributed by atoms with van der Waals surface area (Å²) in [6.07, 6.45) is 1.52. The standard InChI is InChI=1S/C17H13N9O4S/c1-9-6-7-31-12(9)8-19-21-17(27)13-14(10-2-4-11(5-3-10)26(28)29)25(24-20-13)16-15(18)22-30-23-16/h2-8H,1H3,(H2,18,22)(H,21,27)/b19-8+. The second-order valence-corrected chi connectivity index (χ2v) is 7.09. The molecule has 1 aromatic carbocycles. The molecule has 4 rings (SSSR count). The Labute approximate surface area is 177 Å². The van der Waals surface area contributed by atoms with E-state index in [0.717, 1.165) is 15.1 Å². The first-order valence-corrected chi connectivity index (χ1v) is 9.50. The van der Waals surface area contributed by atoms with E-state index in [0.29, 0.717) is 5.56 Å². The number of hydrazone groups is 1. The molecule has 3 N–H and O–H groups in total. The fraction of sp³-hybridized carbons (Fsp3) is 0.0588. The maximum atomic E-state index is 12.8. The van der Waals surface area contributed by atoms with Crippen molar-refractivity contribution in [2.45, 2.75) is 6.92 Å². The number of nitrogens with two attached hydrogens (primary N) is 1. The number of aromatic nitrogens is 5. The van der Waals surface area contributed by atoms with Crippen molar-refractivity contribution in [1.29, 1.82) is 0 Å². The Kier molecular flexibility index (Phi) is 5.19. The van der Waals surface area contributed by atoms with Crippen LogP contribution >= 0.6 is 11.3 Å². The zero-order valence-corrected chi connectivity index (χ0v) is 16.6. The summed E-state index contributed by atoms with van der Waals surface area (Å²) >= 11 is 1.48. The topological polar surface area (TPSA) is 180 Å². The zero-order valence-electron chi connectivity index (χ0n) is 15.8. The van der Waals surface area contributed by atoms with Crippen molar-refractivity contribution in [3.63, 3.8) is 0 Å². The van der Waals surface area contributed by atoms with Crippen molar-refractivity contribution in [2.24, 2.45) is 5.10 Å². The van der Waals surface area contributed by atoms with Crippen LogP contribution in [0.5, 0.6) is 0 Å². The van der Waals surface area contributed by atoms with Crippen LogP contribution in [0.4, 0.5) is 11.5 Å². The SMILES string of the molecule is Cc1ccsc1/C=N/NC(=O)c1nnn(-c2nonc2N)c1-c1ccc([N+](=O)[O-])cc1. The van der Waals surface area contributed by atoms with Gasteiger partial charge in [-0.25, -0.2) is 10.1 Å². The van der Waals surface area contributed by atoms with Crippen molar-refractivity contribution in [2.75, 3.05) is 5.73 Å². The molecular formula is C17H13N9O4S. The molecule has 13 nitrogen and oxygen atoms in total. The van der Waals surface area contributed by atoms with Crippen LogP contribution in [-0.4, -0.2) is 42.4 Å². The lowest BCUT2D eigenvalue weighted by Gasteiger charge is -2.05. The maximum absolute atomic E-state index is 12.8. The van der Waals surface area contributed by atoms with Crippen LogP contribution in [0.1, 0.15) is 20.9 Å². The van der Waals surface area contributed by atoms with Crippen LogP contribution in [0.3, 0.4) is 0 Å². The highest BCUT2D eigenvalue weighted by molar-refractivity contribution is 7.11. The normalized spacial score (nSPS) is 11.1. The van der Waals surface area contributed by atoms with E-state index in [1.807, 2.05) is 18.4 Å². The molecule has 0 spiro atoms. The molecule has 0 bridgehead atoms. The largest absolute Gasteiger partial charge is 0.378 e. The molecule has 0 aliphatic carbocycles. The number of carbonyl (C=O) groups excluding carboxylic acids is 1. The molecule has 14 heteroatoms. The third kappa shape index (κ3) is 3.86. The summed E-state index contributed by atoms with van der Waals surface area (Å²) in [4.78, 5) is 24.1. The number of nitrogen functional groups attached to an aromatic ring is 1. The number of nitrogens with zero attached hydrogens (tertiary/aromatic N) is 7. The lowest BCUT2D eigenvalue weighted by Crippen LogP contribution is -2.19. The number of nitro groups is 1. The number of rotatable bonds is 6. The number of thiophene rings is 1. The molecule has 0 saturated carbocycles. The van der Waals surface area contributed by atoms with E-state index < -0.39 is 10.8 Å². The average Bonchev–Trinajstić information content (AvgIpc) is 3.48. The van der Waals surface area contributed by atoms with Gasteiger partial charge in [0.15, 0.2) is 5.69 Å². The van der Waals surface area contributed by atoms with Crippen molar-refractivity contribution < 1.29 is 14.3 Å². The van der Waals surface area contributed by atoms with Gasteiger partial charge in [-0.1, -0.05) is 5.21 Å². The molecule has 31 heavy (non-hydrogen) atoms. The van der Waals surface area contributed by atoms with E-state index in [1.54, 1.807) is 0 Å². The summed E-state index contributed by atoms with van der Waals surface area (Å²) in [6, 6.07) is 7.41. The van der Waals surface area contributed by atoms with Gasteiger partial charge in [-0.3, -0.25) is 14.9 Å². The molecule has 3 heterocycles. The molecule has 0 aliphatic heterocycles. The van der Waals surface area contributed by atoms with Gasteiger partial charge in [0.25, 0.3) is 11.6 Å². The first-order valence-electron chi connectivity index (χ1n) is 8.62. The summed E-state index contributed by atoms with van der Waals surface area (Å²) in [5.41, 5.74) is 9.53. The van der Waals surface area contributed by atoms with E-state index in [-0.39, 0.29) is 28.7 Å². The fourth-order valence-electron chi connectivity index (χ4n) is 2.64. The van der Waals surface area contributed by atoms with Gasteiger partial charge < -0.3 is 5.73 Å². The van der Waals surface area contributed by atoms with Gasteiger partial charge in [0, 0.05) is 22.6 Å². The number of amides is 1. The Morgan fingerprint density at radius 3 is 2.71 bits per heavy atom. The lowest BCUT2D eigenvalue weighted by atomic mass is 10.1. The van der Waals surface area contributed by atoms with Gasteiger partial charge in [-0.15, -0.1) is 16.4 Å². The number of hydrogen-bond donors (Lipinski definition) is 2. The summed E-state index contributed by atoms with van der Waals surface area (Å²) in [7, 11) is 0. The lowest BCUT2D eigenvalue weighted by molar-refractivity contribution is -0.384. The number of nitrogens with one attached hydrogen (secondary N) is 1. The second-order valence-electron chi connectivity index (χ2n) is 6.14. The number of aryl methyl sites for hydroxylation is 1. The highest BCUT2D eigenvalue weighted by Gasteiger charge is 2.25. The number of nitro benzene ring substituents is 1. The molecule has 0 saturated heterocycles. The van der Waals surface area contributed by atoms with E-state index in [2.05, 4.69) is 35.8 Å². The van der Waals surface area contributed by atoms with E-state index in [4.69, 9.17) is 5.73 Å². The minimum atomic E-state index is -0.653. The number of carbonyl (C=O) groups is 1. The first-order chi connectivity index (χ1) is 15.0. The van der Waals surface area contributed by atoms with Crippen LogP contribution in [0, 0.1) is 17.0 Å². The second kappa shape index (κ2) is 8.11. The molecule has 0 aliphatic rings. The fourth-order valence-corrected chi connectivity index (χ4v) is 3.43. The van der Waals surface area contributed by atoms with Crippen molar-refractivity contribution in [1.82, 2.24) is 30.7 Å². The van der Waals surface area contributed by atoms with Crippen LogP contribution in [0.2, 0.25) is 0 Å². The van der Waals surface area contributed by atoms with Crippen LogP contribution in [0.15, 0.2) is 45.4 Å². The molecule has 0 unspecified atom stereocenters. The quantitative estimate of drug-likeness (QED) is 0.258. The number of benzene rings is 1. The molecule has 4 aromatic rings. The Balaban J connectivity index is 1.72. The van der Waals surface area contributed by atoms with E-state index in [9.17, 15) is 14.9 Å². The summed E-state index contributed by atoms with van der Waals surface area (Å²) in [5, 5.41) is 31.8. The van der Waals surface area contributed by atoms with E-state index >= 15 is 0 Å². The summed E-state index contributed by atoms with van der Waals surface area (Å²) < 4.78 is 5.76. The monoisotopic (exact) mass is 439 g/mol. The number of anilines is 1. The zero-order chi connectivity index (χ0) is 22.0. The summed E-state index contributed by atoms with van der Waals surface area (Å²) in [5.74, 6) is -0.719. The summed E-state index contributed by atoms with van der Waals surface area (Å²) in [6.45, 7) is 1.92. The molecule has 3 aromatic heterocycles. The average molecular weight is 439 g/mol. The van der Waals surface area contributed by atoms with Crippen LogP contribution in [0.25, 0.3) is 17.1 Å². The minimum absolute atomic E-state index is 0.0117. The van der Waals surface area contributed by atoms with Crippen molar-refractivity contribution in [3.8, 4) is 17.1 Å². The highest BCUT2D eigenvalue weighted by atomic mass is 32.1. The Hall–Kier alpha value is -4.46. The number of non-ortho nitro benzene ring substituents is 1. The third-order valence-corrected chi connectivity index (χ3v) is 5.14. The molecule has 0 fully saturated rings. The smallest absolute Gasteiger partial charge is 0.294 e. The predicted molar refractivity (Wildman–Crippen MR) is 110 cm³/mol. The minimum Gasteiger partial charge on any atom is -0.378 e. The van der Waals surface area contributed by atoms with Gasteiger partial charge in [0.05, 0.1) is 11.1 Å². The highest BCUT2D eigenvalue weighted by Crippen LogP contribution is 2.28. The predicted octanol–water partition coefficient (Wildman–Crippen LogP) is 1.94. The Bertz CT molecular complexity index is 1290. The molecule has 156 valence electrons. The third-order valence-electron chi connectivity index (χ3n) is 4.18. The van der Waals surface area contributed by atoms with Gasteiger partial charge >= 0.3 is 0 Å².